The summed E-state index contributed by atoms with van der Waals surface area (Å²) in [7, 11) is 1.49. The van der Waals surface area contributed by atoms with Gasteiger partial charge >= 0.3 is 6.09 Å². The average molecular weight is 392 g/mol. The number of halogens is 1. The summed E-state index contributed by atoms with van der Waals surface area (Å²) in [6.07, 6.45) is 3.05. The summed E-state index contributed by atoms with van der Waals surface area (Å²) < 4.78 is 10.7. The van der Waals surface area contributed by atoms with E-state index in [9.17, 15) is 9.90 Å². The highest BCUT2D eigenvalue weighted by Gasteiger charge is 2.08. The normalized spacial score (nSPS) is 10.6. The molecule has 2 aromatic rings. The lowest BCUT2D eigenvalue weighted by Gasteiger charge is -2.07. The van der Waals surface area contributed by atoms with Gasteiger partial charge in [0.1, 0.15) is 6.61 Å². The smallest absolute Gasteiger partial charge is 0.407 e. The molecule has 6 heteroatoms. The number of benzene rings is 2. The number of hydrogen-bond donors (Lipinski definition) is 2. The molecule has 0 saturated heterocycles. The fraction of sp³-hybridized carbons (Fsp3) is 0.167. The van der Waals surface area contributed by atoms with E-state index in [1.807, 2.05) is 30.3 Å². The van der Waals surface area contributed by atoms with E-state index in [-0.39, 0.29) is 12.4 Å². The fourth-order valence-corrected chi connectivity index (χ4v) is 2.42. The average Bonchev–Trinajstić information content (AvgIpc) is 2.61. The highest BCUT2D eigenvalue weighted by Crippen LogP contribution is 2.36. The maximum Gasteiger partial charge on any atom is 0.407 e. The van der Waals surface area contributed by atoms with Gasteiger partial charge in [-0.1, -0.05) is 42.5 Å². The molecule has 0 aliphatic rings. The van der Waals surface area contributed by atoms with E-state index in [4.69, 9.17) is 9.47 Å². The van der Waals surface area contributed by atoms with Crippen LogP contribution in [0, 0.1) is 0 Å². The second kappa shape index (κ2) is 8.98. The summed E-state index contributed by atoms with van der Waals surface area (Å²) in [6.45, 7) is 0.543. The highest BCUT2D eigenvalue weighted by molar-refractivity contribution is 9.10. The minimum Gasteiger partial charge on any atom is -0.503 e. The second-order valence-corrected chi connectivity index (χ2v) is 5.66. The first-order valence-electron chi connectivity index (χ1n) is 7.28. The van der Waals surface area contributed by atoms with Gasteiger partial charge in [0, 0.05) is 6.54 Å². The Balaban J connectivity index is 1.80. The largest absolute Gasteiger partial charge is 0.503 e. The van der Waals surface area contributed by atoms with Crippen molar-refractivity contribution in [1.29, 1.82) is 0 Å². The Morgan fingerprint density at radius 1 is 1.25 bits per heavy atom. The molecule has 24 heavy (non-hydrogen) atoms. The molecule has 0 aromatic heterocycles. The monoisotopic (exact) mass is 391 g/mol. The first kappa shape index (κ1) is 17.9. The molecule has 2 rings (SSSR count). The van der Waals surface area contributed by atoms with Crippen LogP contribution in [0.25, 0.3) is 6.08 Å². The van der Waals surface area contributed by atoms with Crippen LogP contribution in [-0.4, -0.2) is 24.9 Å². The van der Waals surface area contributed by atoms with Gasteiger partial charge in [0.2, 0.25) is 0 Å². The number of carbonyl (C=O) groups excluding carboxylic acids is 1. The molecule has 126 valence electrons. The Morgan fingerprint density at radius 3 is 2.71 bits per heavy atom. The highest BCUT2D eigenvalue weighted by atomic mass is 79.9. The molecular formula is C18H18BrNO4. The van der Waals surface area contributed by atoms with Gasteiger partial charge in [0.05, 0.1) is 11.6 Å². The van der Waals surface area contributed by atoms with Crippen molar-refractivity contribution in [2.24, 2.45) is 0 Å². The van der Waals surface area contributed by atoms with Crippen LogP contribution in [0.3, 0.4) is 0 Å². The van der Waals surface area contributed by atoms with Gasteiger partial charge in [0.15, 0.2) is 11.5 Å². The fourth-order valence-electron chi connectivity index (χ4n) is 1.96. The van der Waals surface area contributed by atoms with E-state index in [1.54, 1.807) is 24.3 Å². The number of amides is 1. The summed E-state index contributed by atoms with van der Waals surface area (Å²) in [4.78, 5) is 11.6. The molecule has 2 aromatic carbocycles. The van der Waals surface area contributed by atoms with Crippen LogP contribution in [0.15, 0.2) is 53.0 Å². The molecule has 5 nitrogen and oxygen atoms in total. The molecular weight excluding hydrogens is 374 g/mol. The molecule has 0 atom stereocenters. The van der Waals surface area contributed by atoms with Crippen LogP contribution in [0.5, 0.6) is 11.5 Å². The van der Waals surface area contributed by atoms with Crippen LogP contribution >= 0.6 is 15.9 Å². The Labute approximate surface area is 149 Å². The number of methoxy groups -OCH3 is 1. The van der Waals surface area contributed by atoms with E-state index in [0.29, 0.717) is 16.8 Å². The molecule has 0 aliphatic heterocycles. The third-order valence-electron chi connectivity index (χ3n) is 3.20. The third-order valence-corrected chi connectivity index (χ3v) is 4.04. The predicted octanol–water partition coefficient (Wildman–Crippen LogP) is 4.10. The van der Waals surface area contributed by atoms with Crippen molar-refractivity contribution in [1.82, 2.24) is 5.32 Å². The van der Waals surface area contributed by atoms with Crippen molar-refractivity contribution < 1.29 is 19.4 Å². The zero-order chi connectivity index (χ0) is 17.4. The maximum absolute atomic E-state index is 11.6. The lowest BCUT2D eigenvalue weighted by molar-refractivity contribution is 0.141. The van der Waals surface area contributed by atoms with Crippen LogP contribution in [0.2, 0.25) is 0 Å². The molecule has 0 saturated carbocycles. The van der Waals surface area contributed by atoms with E-state index in [0.717, 1.165) is 11.1 Å². The van der Waals surface area contributed by atoms with Crippen LogP contribution < -0.4 is 10.1 Å². The molecule has 2 N–H and O–H groups in total. The molecule has 0 fully saturated rings. The SMILES string of the molecule is COc1ccc(C=CCNC(=O)OCc2ccccc2)c(Br)c1O. The number of aromatic hydroxyl groups is 1. The number of ether oxygens (including phenoxy) is 2. The summed E-state index contributed by atoms with van der Waals surface area (Å²) >= 11 is 3.31. The van der Waals surface area contributed by atoms with Crippen molar-refractivity contribution >= 4 is 28.1 Å². The Morgan fingerprint density at radius 2 is 2.00 bits per heavy atom. The molecule has 0 bridgehead atoms. The van der Waals surface area contributed by atoms with E-state index in [2.05, 4.69) is 21.2 Å². The minimum absolute atomic E-state index is 0.0369. The van der Waals surface area contributed by atoms with Crippen molar-refractivity contribution in [2.45, 2.75) is 6.61 Å². The maximum atomic E-state index is 11.6. The molecule has 0 radical (unpaired) electrons. The number of rotatable bonds is 6. The van der Waals surface area contributed by atoms with Gasteiger partial charge in [-0.2, -0.15) is 0 Å². The van der Waals surface area contributed by atoms with Gasteiger partial charge in [-0.3, -0.25) is 0 Å². The third kappa shape index (κ3) is 5.03. The van der Waals surface area contributed by atoms with Crippen LogP contribution in [0.1, 0.15) is 11.1 Å². The first-order chi connectivity index (χ1) is 11.6. The molecule has 1 amide bonds. The first-order valence-corrected chi connectivity index (χ1v) is 8.07. The van der Waals surface area contributed by atoms with E-state index >= 15 is 0 Å². The number of nitrogens with one attached hydrogen (secondary N) is 1. The summed E-state index contributed by atoms with van der Waals surface area (Å²) in [5, 5.41) is 12.5. The Hall–Kier alpha value is -2.47. The van der Waals surface area contributed by atoms with Gasteiger partial charge in [-0.15, -0.1) is 0 Å². The molecule has 0 unspecified atom stereocenters. The number of phenols is 1. The summed E-state index contributed by atoms with van der Waals surface area (Å²) in [6, 6.07) is 12.9. The van der Waals surface area contributed by atoms with Crippen molar-refractivity contribution in [3.05, 3.63) is 64.1 Å². The van der Waals surface area contributed by atoms with Crippen LogP contribution in [-0.2, 0) is 11.3 Å². The van der Waals surface area contributed by atoms with Crippen LogP contribution in [0.4, 0.5) is 4.79 Å². The van der Waals surface area contributed by atoms with Crippen molar-refractivity contribution in [2.75, 3.05) is 13.7 Å². The quantitative estimate of drug-likeness (QED) is 0.777. The Kier molecular flexibility index (Phi) is 6.69. The number of alkyl carbamates (subject to hydrolysis) is 1. The number of hydrogen-bond acceptors (Lipinski definition) is 4. The minimum atomic E-state index is -0.486. The molecule has 0 aliphatic carbocycles. The van der Waals surface area contributed by atoms with E-state index in [1.165, 1.54) is 7.11 Å². The number of carbonyl (C=O) groups is 1. The van der Waals surface area contributed by atoms with Crippen molar-refractivity contribution in [3.63, 3.8) is 0 Å². The topological polar surface area (TPSA) is 67.8 Å². The Bertz CT molecular complexity index is 716. The zero-order valence-corrected chi connectivity index (χ0v) is 14.7. The number of phenolic OH excluding ortho intramolecular Hbond substituents is 1. The standard InChI is InChI=1S/C18H18BrNO4/c1-23-15-10-9-14(16(19)17(15)21)8-5-11-20-18(22)24-12-13-6-3-2-4-7-13/h2-10,21H,11-12H2,1H3,(H,20,22). The van der Waals surface area contributed by atoms with E-state index < -0.39 is 6.09 Å². The van der Waals surface area contributed by atoms with Gasteiger partial charge in [-0.25, -0.2) is 4.79 Å². The molecule has 0 heterocycles. The lowest BCUT2D eigenvalue weighted by atomic mass is 10.2. The summed E-state index contributed by atoms with van der Waals surface area (Å²) in [5.41, 5.74) is 1.70. The lowest BCUT2D eigenvalue weighted by Crippen LogP contribution is -2.24. The van der Waals surface area contributed by atoms with Gasteiger partial charge in [-0.05, 0) is 39.2 Å². The molecule has 0 spiro atoms. The van der Waals surface area contributed by atoms with Crippen molar-refractivity contribution in [3.8, 4) is 11.5 Å². The van der Waals surface area contributed by atoms with Gasteiger partial charge in [0.25, 0.3) is 0 Å². The second-order valence-electron chi connectivity index (χ2n) is 4.86. The predicted molar refractivity (Wildman–Crippen MR) is 96.0 cm³/mol. The van der Waals surface area contributed by atoms with Gasteiger partial charge < -0.3 is 19.9 Å². The zero-order valence-electron chi connectivity index (χ0n) is 13.2. The summed E-state index contributed by atoms with van der Waals surface area (Å²) in [5.74, 6) is 0.427.